The lowest BCUT2D eigenvalue weighted by Crippen LogP contribution is -2.50. The Hall–Kier alpha value is -2.56. The van der Waals surface area contributed by atoms with Gasteiger partial charge in [-0.15, -0.1) is 0 Å². The van der Waals surface area contributed by atoms with Crippen LogP contribution < -0.4 is 0 Å². The highest BCUT2D eigenvalue weighted by molar-refractivity contribution is 5.95. The molecular weight excluding hydrogens is 340 g/mol. The van der Waals surface area contributed by atoms with Crippen LogP contribution in [0.15, 0.2) is 47.1 Å². The summed E-state index contributed by atoms with van der Waals surface area (Å²) < 4.78 is 5.18. The molecule has 0 unspecified atom stereocenters. The maximum absolute atomic E-state index is 12.8. The molecule has 5 nitrogen and oxygen atoms in total. The van der Waals surface area contributed by atoms with Crippen molar-refractivity contribution in [2.75, 3.05) is 26.2 Å². The van der Waals surface area contributed by atoms with Gasteiger partial charge in [0, 0.05) is 31.7 Å². The second-order valence-corrected chi connectivity index (χ2v) is 7.52. The second-order valence-electron chi connectivity index (χ2n) is 7.52. The maximum Gasteiger partial charge on any atom is 0.289 e. The van der Waals surface area contributed by atoms with Crippen molar-refractivity contribution in [3.8, 4) is 0 Å². The maximum atomic E-state index is 12.8. The van der Waals surface area contributed by atoms with Crippen LogP contribution in [0.3, 0.4) is 0 Å². The van der Waals surface area contributed by atoms with Gasteiger partial charge in [0.1, 0.15) is 0 Å². The lowest BCUT2D eigenvalue weighted by atomic mass is 9.84. The van der Waals surface area contributed by atoms with Gasteiger partial charge in [-0.2, -0.15) is 0 Å². The van der Waals surface area contributed by atoms with Gasteiger partial charge in [0.05, 0.1) is 6.26 Å². The first-order chi connectivity index (χ1) is 13.2. The number of hydrogen-bond acceptors (Lipinski definition) is 3. The zero-order valence-corrected chi connectivity index (χ0v) is 15.6. The molecule has 1 aliphatic carbocycles. The van der Waals surface area contributed by atoms with Crippen LogP contribution >= 0.6 is 0 Å². The molecular formula is C22H26N2O3. The molecule has 1 saturated carbocycles. The Morgan fingerprint density at radius 2 is 1.44 bits per heavy atom. The number of amides is 2. The van der Waals surface area contributed by atoms with E-state index in [0.29, 0.717) is 37.9 Å². The van der Waals surface area contributed by atoms with Gasteiger partial charge in [0.25, 0.3) is 11.8 Å². The summed E-state index contributed by atoms with van der Waals surface area (Å²) in [4.78, 5) is 28.7. The summed E-state index contributed by atoms with van der Waals surface area (Å²) in [6.07, 6.45) is 8.00. The molecule has 0 radical (unpaired) electrons. The van der Waals surface area contributed by atoms with Gasteiger partial charge in [-0.05, 0) is 48.6 Å². The fourth-order valence-corrected chi connectivity index (χ4v) is 4.19. The predicted molar refractivity (Wildman–Crippen MR) is 103 cm³/mol. The Morgan fingerprint density at radius 3 is 2.04 bits per heavy atom. The summed E-state index contributed by atoms with van der Waals surface area (Å²) in [6, 6.07) is 11.6. The van der Waals surface area contributed by atoms with Gasteiger partial charge in [0.15, 0.2) is 5.76 Å². The van der Waals surface area contributed by atoms with E-state index in [2.05, 4.69) is 12.1 Å². The van der Waals surface area contributed by atoms with Crippen molar-refractivity contribution in [2.24, 2.45) is 0 Å². The van der Waals surface area contributed by atoms with Crippen LogP contribution in [0.25, 0.3) is 0 Å². The van der Waals surface area contributed by atoms with E-state index in [9.17, 15) is 9.59 Å². The fourth-order valence-electron chi connectivity index (χ4n) is 4.19. The van der Waals surface area contributed by atoms with Crippen LogP contribution in [-0.4, -0.2) is 47.8 Å². The van der Waals surface area contributed by atoms with E-state index in [1.165, 1.54) is 43.9 Å². The summed E-state index contributed by atoms with van der Waals surface area (Å²) >= 11 is 0. The smallest absolute Gasteiger partial charge is 0.289 e. The molecule has 5 heteroatoms. The molecule has 1 aromatic heterocycles. The molecule has 0 bridgehead atoms. The third-order valence-corrected chi connectivity index (χ3v) is 5.82. The van der Waals surface area contributed by atoms with Crippen molar-refractivity contribution in [3.63, 3.8) is 0 Å². The van der Waals surface area contributed by atoms with Gasteiger partial charge < -0.3 is 14.2 Å². The molecule has 0 spiro atoms. The molecule has 27 heavy (non-hydrogen) atoms. The Balaban J connectivity index is 1.34. The minimum Gasteiger partial charge on any atom is -0.459 e. The van der Waals surface area contributed by atoms with Crippen molar-refractivity contribution in [3.05, 3.63) is 59.5 Å². The van der Waals surface area contributed by atoms with Crippen molar-refractivity contribution < 1.29 is 14.0 Å². The SMILES string of the molecule is O=C(c1ccc(C2CCCCC2)cc1)N1CCN(C(=O)c2ccco2)CC1. The predicted octanol–water partition coefficient (Wildman–Crippen LogP) is 3.93. The zero-order chi connectivity index (χ0) is 18.6. The van der Waals surface area contributed by atoms with E-state index in [-0.39, 0.29) is 11.8 Å². The van der Waals surface area contributed by atoms with E-state index in [4.69, 9.17) is 4.42 Å². The average molecular weight is 366 g/mol. The summed E-state index contributed by atoms with van der Waals surface area (Å²) in [5.41, 5.74) is 2.10. The number of hydrogen-bond donors (Lipinski definition) is 0. The number of piperazine rings is 1. The highest BCUT2D eigenvalue weighted by Crippen LogP contribution is 2.32. The van der Waals surface area contributed by atoms with Gasteiger partial charge in [-0.1, -0.05) is 31.4 Å². The van der Waals surface area contributed by atoms with Crippen LogP contribution in [0, 0.1) is 0 Å². The van der Waals surface area contributed by atoms with E-state index in [0.717, 1.165) is 5.56 Å². The van der Waals surface area contributed by atoms with Crippen molar-refractivity contribution in [1.29, 1.82) is 0 Å². The molecule has 1 aliphatic heterocycles. The van der Waals surface area contributed by atoms with Gasteiger partial charge in [-0.3, -0.25) is 9.59 Å². The third kappa shape index (κ3) is 3.92. The van der Waals surface area contributed by atoms with Gasteiger partial charge in [-0.25, -0.2) is 0 Å². The van der Waals surface area contributed by atoms with E-state index in [1.54, 1.807) is 17.0 Å². The summed E-state index contributed by atoms with van der Waals surface area (Å²) in [6.45, 7) is 2.17. The van der Waals surface area contributed by atoms with Crippen LogP contribution in [-0.2, 0) is 0 Å². The highest BCUT2D eigenvalue weighted by Gasteiger charge is 2.26. The molecule has 0 atom stereocenters. The van der Waals surface area contributed by atoms with Crippen LogP contribution in [0.4, 0.5) is 0 Å². The van der Waals surface area contributed by atoms with Crippen LogP contribution in [0.1, 0.15) is 64.5 Å². The van der Waals surface area contributed by atoms with E-state index >= 15 is 0 Å². The van der Waals surface area contributed by atoms with Crippen molar-refractivity contribution >= 4 is 11.8 Å². The minimum atomic E-state index is -0.107. The molecule has 2 aliphatic rings. The number of carbonyl (C=O) groups excluding carboxylic acids is 2. The molecule has 1 aromatic carbocycles. The molecule has 2 fully saturated rings. The third-order valence-electron chi connectivity index (χ3n) is 5.82. The normalized spacial score (nSPS) is 18.5. The van der Waals surface area contributed by atoms with Crippen LogP contribution in [0.2, 0.25) is 0 Å². The second kappa shape index (κ2) is 7.99. The van der Waals surface area contributed by atoms with E-state index in [1.807, 2.05) is 17.0 Å². The lowest BCUT2D eigenvalue weighted by molar-refractivity contribution is 0.0518. The minimum absolute atomic E-state index is 0.0512. The number of carbonyl (C=O) groups is 2. The van der Waals surface area contributed by atoms with Crippen molar-refractivity contribution in [1.82, 2.24) is 9.80 Å². The first-order valence-electron chi connectivity index (χ1n) is 9.94. The number of nitrogens with zero attached hydrogens (tertiary/aromatic N) is 2. The quantitative estimate of drug-likeness (QED) is 0.827. The average Bonchev–Trinajstić information content (AvgIpc) is 3.28. The molecule has 2 heterocycles. The Labute approximate surface area is 159 Å². The summed E-state index contributed by atoms with van der Waals surface area (Å²) in [5, 5.41) is 0. The highest BCUT2D eigenvalue weighted by atomic mass is 16.3. The lowest BCUT2D eigenvalue weighted by Gasteiger charge is -2.34. The zero-order valence-electron chi connectivity index (χ0n) is 15.6. The molecule has 142 valence electrons. The summed E-state index contributed by atoms with van der Waals surface area (Å²) in [7, 11) is 0. The molecule has 4 rings (SSSR count). The number of benzene rings is 1. The van der Waals surface area contributed by atoms with E-state index < -0.39 is 0 Å². The summed E-state index contributed by atoms with van der Waals surface area (Å²) in [5.74, 6) is 0.950. The molecule has 0 N–H and O–H groups in total. The molecule has 2 aromatic rings. The van der Waals surface area contributed by atoms with Crippen LogP contribution in [0.5, 0.6) is 0 Å². The largest absolute Gasteiger partial charge is 0.459 e. The van der Waals surface area contributed by atoms with Gasteiger partial charge >= 0.3 is 0 Å². The molecule has 1 saturated heterocycles. The Morgan fingerprint density at radius 1 is 0.815 bits per heavy atom. The molecule has 2 amide bonds. The fraction of sp³-hybridized carbons (Fsp3) is 0.455. The number of furan rings is 1. The number of rotatable bonds is 3. The monoisotopic (exact) mass is 366 g/mol. The van der Waals surface area contributed by atoms with Gasteiger partial charge in [0.2, 0.25) is 0 Å². The van der Waals surface area contributed by atoms with Crippen molar-refractivity contribution in [2.45, 2.75) is 38.0 Å². The Kier molecular flexibility index (Phi) is 5.28. The standard InChI is InChI=1S/C22H26N2O3/c25-21(19-10-8-18(9-11-19)17-5-2-1-3-6-17)23-12-14-24(15-13-23)22(26)20-7-4-16-27-20/h4,7-11,16-17H,1-3,5-6,12-15H2. The first-order valence-corrected chi connectivity index (χ1v) is 9.94. The Bertz CT molecular complexity index is 768. The first kappa shape index (κ1) is 17.8. The topological polar surface area (TPSA) is 53.8 Å².